The predicted octanol–water partition coefficient (Wildman–Crippen LogP) is 0.847. The predicted molar refractivity (Wildman–Crippen MR) is 74.8 cm³/mol. The van der Waals surface area contributed by atoms with Crippen LogP contribution in [0.2, 0.25) is 0 Å². The lowest BCUT2D eigenvalue weighted by atomic mass is 10.1. The summed E-state index contributed by atoms with van der Waals surface area (Å²) in [5.74, 6) is -0.714. The van der Waals surface area contributed by atoms with Gasteiger partial charge in [-0.25, -0.2) is 9.59 Å². The van der Waals surface area contributed by atoms with Crippen LogP contribution < -0.4 is 0 Å². The Labute approximate surface area is 123 Å². The lowest BCUT2D eigenvalue weighted by molar-refractivity contribution is -0.160. The maximum atomic E-state index is 11.5. The molecule has 6 heteroatoms. The van der Waals surface area contributed by atoms with E-state index in [0.29, 0.717) is 25.3 Å². The van der Waals surface area contributed by atoms with Gasteiger partial charge in [0.25, 0.3) is 0 Å². The van der Waals surface area contributed by atoms with Gasteiger partial charge in [0, 0.05) is 19.6 Å². The highest BCUT2D eigenvalue weighted by molar-refractivity contribution is 5.89. The molecular weight excluding hydrogens is 274 g/mol. The molecule has 1 aliphatic rings. The SMILES string of the molecule is COC(=O)c1cccc(CN2CCOC(C(=O)OC)C2)c1. The van der Waals surface area contributed by atoms with Crippen molar-refractivity contribution in [2.75, 3.05) is 33.9 Å². The van der Waals surface area contributed by atoms with Crippen molar-refractivity contribution >= 4 is 11.9 Å². The molecule has 6 nitrogen and oxygen atoms in total. The third-order valence-corrected chi connectivity index (χ3v) is 3.37. The Hall–Kier alpha value is -1.92. The third kappa shape index (κ3) is 4.03. The first kappa shape index (κ1) is 15.5. The van der Waals surface area contributed by atoms with E-state index in [9.17, 15) is 9.59 Å². The van der Waals surface area contributed by atoms with E-state index in [-0.39, 0.29) is 11.9 Å². The van der Waals surface area contributed by atoms with Crippen molar-refractivity contribution in [1.29, 1.82) is 0 Å². The van der Waals surface area contributed by atoms with Gasteiger partial charge in [0.2, 0.25) is 0 Å². The van der Waals surface area contributed by atoms with E-state index in [1.807, 2.05) is 12.1 Å². The second-order valence-corrected chi connectivity index (χ2v) is 4.81. The summed E-state index contributed by atoms with van der Waals surface area (Å²) >= 11 is 0. The molecule has 0 aliphatic carbocycles. The molecular formula is C15H19NO5. The van der Waals surface area contributed by atoms with Gasteiger partial charge in [-0.05, 0) is 17.7 Å². The number of esters is 2. The van der Waals surface area contributed by atoms with E-state index in [2.05, 4.69) is 4.90 Å². The Morgan fingerprint density at radius 3 is 2.86 bits per heavy atom. The van der Waals surface area contributed by atoms with Crippen molar-refractivity contribution in [3.63, 3.8) is 0 Å². The minimum absolute atomic E-state index is 0.355. The topological polar surface area (TPSA) is 65.1 Å². The van der Waals surface area contributed by atoms with Crippen LogP contribution in [0, 0.1) is 0 Å². The summed E-state index contributed by atoms with van der Waals surface area (Å²) in [7, 11) is 2.71. The molecule has 0 radical (unpaired) electrons. The first-order valence-corrected chi connectivity index (χ1v) is 6.73. The largest absolute Gasteiger partial charge is 0.467 e. The molecule has 0 N–H and O–H groups in total. The zero-order valence-electron chi connectivity index (χ0n) is 12.2. The van der Waals surface area contributed by atoms with Gasteiger partial charge in [-0.2, -0.15) is 0 Å². The van der Waals surface area contributed by atoms with E-state index >= 15 is 0 Å². The molecule has 21 heavy (non-hydrogen) atoms. The van der Waals surface area contributed by atoms with Gasteiger partial charge in [-0.15, -0.1) is 0 Å². The molecule has 0 aromatic heterocycles. The van der Waals surface area contributed by atoms with Crippen LogP contribution in [0.5, 0.6) is 0 Å². The van der Waals surface area contributed by atoms with Crippen LogP contribution in [-0.4, -0.2) is 56.9 Å². The maximum Gasteiger partial charge on any atom is 0.337 e. The van der Waals surface area contributed by atoms with E-state index in [0.717, 1.165) is 12.1 Å². The number of nitrogens with zero attached hydrogens (tertiary/aromatic N) is 1. The number of morpholine rings is 1. The van der Waals surface area contributed by atoms with Crippen molar-refractivity contribution in [2.45, 2.75) is 12.6 Å². The molecule has 114 valence electrons. The number of rotatable bonds is 4. The zero-order chi connectivity index (χ0) is 15.2. The van der Waals surface area contributed by atoms with Gasteiger partial charge in [-0.3, -0.25) is 4.90 Å². The third-order valence-electron chi connectivity index (χ3n) is 3.37. The number of methoxy groups -OCH3 is 2. The number of hydrogen-bond donors (Lipinski definition) is 0. The number of hydrogen-bond acceptors (Lipinski definition) is 6. The van der Waals surface area contributed by atoms with E-state index in [1.54, 1.807) is 12.1 Å². The molecule has 0 amide bonds. The van der Waals surface area contributed by atoms with E-state index in [4.69, 9.17) is 14.2 Å². The van der Waals surface area contributed by atoms with Crippen molar-refractivity contribution in [3.05, 3.63) is 35.4 Å². The van der Waals surface area contributed by atoms with Crippen LogP contribution in [0.1, 0.15) is 15.9 Å². The fourth-order valence-electron chi connectivity index (χ4n) is 2.29. The molecule has 1 atom stereocenters. The Morgan fingerprint density at radius 2 is 2.14 bits per heavy atom. The van der Waals surface area contributed by atoms with Gasteiger partial charge in [0.15, 0.2) is 6.10 Å². The van der Waals surface area contributed by atoms with E-state index < -0.39 is 6.10 Å². The monoisotopic (exact) mass is 293 g/mol. The van der Waals surface area contributed by atoms with Crippen molar-refractivity contribution in [2.24, 2.45) is 0 Å². The summed E-state index contributed by atoms with van der Waals surface area (Å²) < 4.78 is 14.8. The van der Waals surface area contributed by atoms with E-state index in [1.165, 1.54) is 14.2 Å². The lowest BCUT2D eigenvalue weighted by Gasteiger charge is -2.31. The highest BCUT2D eigenvalue weighted by Crippen LogP contribution is 2.13. The summed E-state index contributed by atoms with van der Waals surface area (Å²) in [5, 5.41) is 0. The number of benzene rings is 1. The molecule has 1 aromatic rings. The zero-order valence-corrected chi connectivity index (χ0v) is 12.2. The molecule has 1 saturated heterocycles. The molecule has 0 bridgehead atoms. The van der Waals surface area contributed by atoms with Crippen molar-refractivity contribution in [3.8, 4) is 0 Å². The molecule has 2 rings (SSSR count). The van der Waals surface area contributed by atoms with Gasteiger partial charge in [0.05, 0.1) is 26.4 Å². The number of carbonyl (C=O) groups excluding carboxylic acids is 2. The second-order valence-electron chi connectivity index (χ2n) is 4.81. The number of ether oxygens (including phenoxy) is 3. The molecule has 1 aliphatic heterocycles. The number of carbonyl (C=O) groups is 2. The highest BCUT2D eigenvalue weighted by atomic mass is 16.6. The van der Waals surface area contributed by atoms with Crippen LogP contribution in [-0.2, 0) is 25.5 Å². The standard InChI is InChI=1S/C15H19NO5/c1-19-14(17)12-5-3-4-11(8-12)9-16-6-7-21-13(10-16)15(18)20-2/h3-5,8,13H,6-7,9-10H2,1-2H3. The smallest absolute Gasteiger partial charge is 0.337 e. The van der Waals surface area contributed by atoms with Crippen LogP contribution in [0.4, 0.5) is 0 Å². The van der Waals surface area contributed by atoms with Gasteiger partial charge < -0.3 is 14.2 Å². The first-order valence-electron chi connectivity index (χ1n) is 6.73. The highest BCUT2D eigenvalue weighted by Gasteiger charge is 2.27. The maximum absolute atomic E-state index is 11.5. The average Bonchev–Trinajstić information content (AvgIpc) is 2.53. The normalized spacial score (nSPS) is 19.0. The Bertz CT molecular complexity index is 517. The van der Waals surface area contributed by atoms with Gasteiger partial charge >= 0.3 is 11.9 Å². The average molecular weight is 293 g/mol. The van der Waals surface area contributed by atoms with Gasteiger partial charge in [-0.1, -0.05) is 12.1 Å². The van der Waals surface area contributed by atoms with Crippen LogP contribution >= 0.6 is 0 Å². The second kappa shape index (κ2) is 7.19. The fourth-order valence-corrected chi connectivity index (χ4v) is 2.29. The molecule has 1 unspecified atom stereocenters. The summed E-state index contributed by atoms with van der Waals surface area (Å²) in [6.45, 7) is 2.34. The Morgan fingerprint density at radius 1 is 1.33 bits per heavy atom. The molecule has 1 heterocycles. The van der Waals surface area contributed by atoms with Gasteiger partial charge in [0.1, 0.15) is 0 Å². The van der Waals surface area contributed by atoms with Crippen molar-refractivity contribution < 1.29 is 23.8 Å². The first-order chi connectivity index (χ1) is 10.1. The van der Waals surface area contributed by atoms with Crippen LogP contribution in [0.15, 0.2) is 24.3 Å². The lowest BCUT2D eigenvalue weighted by Crippen LogP contribution is -2.46. The summed E-state index contributed by atoms with van der Waals surface area (Å²) in [4.78, 5) is 25.1. The molecule has 0 spiro atoms. The summed E-state index contributed by atoms with van der Waals surface area (Å²) in [6, 6.07) is 7.27. The minimum Gasteiger partial charge on any atom is -0.467 e. The summed E-state index contributed by atoms with van der Waals surface area (Å²) in [6.07, 6.45) is -0.549. The Balaban J connectivity index is 2.01. The molecule has 0 saturated carbocycles. The summed E-state index contributed by atoms with van der Waals surface area (Å²) in [5.41, 5.74) is 1.51. The molecule has 1 fully saturated rings. The minimum atomic E-state index is -0.549. The van der Waals surface area contributed by atoms with Crippen molar-refractivity contribution in [1.82, 2.24) is 4.90 Å². The Kier molecular flexibility index (Phi) is 5.30. The fraction of sp³-hybridized carbons (Fsp3) is 0.467. The quantitative estimate of drug-likeness (QED) is 0.767. The molecule has 1 aromatic carbocycles. The van der Waals surface area contributed by atoms with Crippen LogP contribution in [0.25, 0.3) is 0 Å². The van der Waals surface area contributed by atoms with Crippen LogP contribution in [0.3, 0.4) is 0 Å².